The summed E-state index contributed by atoms with van der Waals surface area (Å²) in [5.74, 6) is 1.56. The van der Waals surface area contributed by atoms with Crippen LogP contribution in [0, 0.1) is 0 Å². The van der Waals surface area contributed by atoms with Gasteiger partial charge in [0, 0.05) is 24.9 Å². The second-order valence-electron chi connectivity index (χ2n) is 5.74. The van der Waals surface area contributed by atoms with Gasteiger partial charge in [0.25, 0.3) is 0 Å². The molecule has 0 atom stereocenters. The zero-order valence-corrected chi connectivity index (χ0v) is 14.0. The average molecular weight is 309 g/mol. The molecular weight excluding hydrogens is 286 g/mol. The lowest BCUT2D eigenvalue weighted by molar-refractivity contribution is 0.346. The first-order chi connectivity index (χ1) is 11.3. The van der Waals surface area contributed by atoms with Crippen molar-refractivity contribution in [3.63, 3.8) is 0 Å². The maximum absolute atomic E-state index is 5.50. The van der Waals surface area contributed by atoms with Crippen LogP contribution in [0.15, 0.2) is 48.7 Å². The molecule has 120 valence electrons. The Morgan fingerprint density at radius 3 is 2.35 bits per heavy atom. The van der Waals surface area contributed by atoms with Crippen LogP contribution in [0.4, 0.5) is 0 Å². The van der Waals surface area contributed by atoms with Crippen LogP contribution in [0.2, 0.25) is 0 Å². The number of rotatable bonds is 5. The van der Waals surface area contributed by atoms with Gasteiger partial charge in [0.15, 0.2) is 11.5 Å². The van der Waals surface area contributed by atoms with Crippen molar-refractivity contribution in [2.75, 3.05) is 20.8 Å². The molecular formula is C20H23NO2. The van der Waals surface area contributed by atoms with E-state index in [1.165, 1.54) is 22.3 Å². The minimum absolute atomic E-state index is 0.775. The Morgan fingerprint density at radius 1 is 1.00 bits per heavy atom. The number of ether oxygens (including phenoxy) is 2. The van der Waals surface area contributed by atoms with E-state index in [9.17, 15) is 0 Å². The molecule has 0 bridgehead atoms. The molecule has 3 nitrogen and oxygen atoms in total. The number of fused-ring (bicyclic) bond motifs is 1. The van der Waals surface area contributed by atoms with Gasteiger partial charge >= 0.3 is 0 Å². The van der Waals surface area contributed by atoms with Crippen molar-refractivity contribution in [2.45, 2.75) is 19.9 Å². The van der Waals surface area contributed by atoms with Gasteiger partial charge in [0.05, 0.1) is 14.2 Å². The maximum atomic E-state index is 5.50. The molecule has 0 spiro atoms. The van der Waals surface area contributed by atoms with Gasteiger partial charge in [-0.2, -0.15) is 0 Å². The zero-order valence-electron chi connectivity index (χ0n) is 14.0. The summed E-state index contributed by atoms with van der Waals surface area (Å²) in [5, 5.41) is 0. The van der Waals surface area contributed by atoms with Crippen LogP contribution in [0.5, 0.6) is 11.5 Å². The predicted molar refractivity (Wildman–Crippen MR) is 93.8 cm³/mol. The SMILES string of the molecule is CCCN1C=C(c2ccccc2)c2cc(OC)c(OC)cc2C1. The highest BCUT2D eigenvalue weighted by molar-refractivity contribution is 5.83. The van der Waals surface area contributed by atoms with Crippen LogP contribution in [0.3, 0.4) is 0 Å². The highest BCUT2D eigenvalue weighted by Crippen LogP contribution is 2.39. The molecule has 2 aromatic carbocycles. The predicted octanol–water partition coefficient (Wildman–Crippen LogP) is 4.32. The van der Waals surface area contributed by atoms with Crippen LogP contribution in [0.1, 0.15) is 30.0 Å². The van der Waals surface area contributed by atoms with Gasteiger partial charge in [-0.1, -0.05) is 37.3 Å². The summed E-state index contributed by atoms with van der Waals surface area (Å²) in [7, 11) is 3.37. The quantitative estimate of drug-likeness (QED) is 0.821. The Kier molecular flexibility index (Phi) is 4.56. The fraction of sp³-hybridized carbons (Fsp3) is 0.300. The van der Waals surface area contributed by atoms with Crippen LogP contribution in [0.25, 0.3) is 5.57 Å². The molecule has 23 heavy (non-hydrogen) atoms. The Bertz CT molecular complexity index is 707. The first-order valence-electron chi connectivity index (χ1n) is 8.03. The van der Waals surface area contributed by atoms with E-state index in [2.05, 4.69) is 54.4 Å². The van der Waals surface area contributed by atoms with Crippen LogP contribution < -0.4 is 9.47 Å². The lowest BCUT2D eigenvalue weighted by atomic mass is 9.91. The van der Waals surface area contributed by atoms with Crippen LogP contribution >= 0.6 is 0 Å². The van der Waals surface area contributed by atoms with Gasteiger partial charge in [0.2, 0.25) is 0 Å². The van der Waals surface area contributed by atoms with E-state index in [1.54, 1.807) is 14.2 Å². The molecule has 0 radical (unpaired) electrons. The Hall–Kier alpha value is -2.42. The summed E-state index contributed by atoms with van der Waals surface area (Å²) < 4.78 is 11.0. The molecule has 0 fully saturated rings. The largest absolute Gasteiger partial charge is 0.493 e. The van der Waals surface area contributed by atoms with E-state index in [0.717, 1.165) is 31.0 Å². The monoisotopic (exact) mass is 309 g/mol. The van der Waals surface area contributed by atoms with Crippen molar-refractivity contribution in [1.82, 2.24) is 4.90 Å². The molecule has 1 aliphatic heterocycles. The molecule has 3 heteroatoms. The van der Waals surface area contributed by atoms with E-state index in [0.29, 0.717) is 0 Å². The van der Waals surface area contributed by atoms with Gasteiger partial charge < -0.3 is 14.4 Å². The average Bonchev–Trinajstić information content (AvgIpc) is 2.61. The number of hydrogen-bond donors (Lipinski definition) is 0. The molecule has 0 amide bonds. The van der Waals surface area contributed by atoms with Gasteiger partial charge in [-0.15, -0.1) is 0 Å². The number of benzene rings is 2. The number of nitrogens with zero attached hydrogens (tertiary/aromatic N) is 1. The standard InChI is InChI=1S/C20H23NO2/c1-4-10-21-13-16-11-19(22-2)20(23-3)12-17(16)18(14-21)15-8-6-5-7-9-15/h5-9,11-12,14H,4,10,13H2,1-3H3. The molecule has 1 aliphatic rings. The Balaban J connectivity index is 2.13. The van der Waals surface area contributed by atoms with Gasteiger partial charge in [-0.25, -0.2) is 0 Å². The van der Waals surface area contributed by atoms with E-state index in [4.69, 9.17) is 9.47 Å². The fourth-order valence-corrected chi connectivity index (χ4v) is 3.10. The number of hydrogen-bond acceptors (Lipinski definition) is 3. The van der Waals surface area contributed by atoms with E-state index in [-0.39, 0.29) is 0 Å². The first-order valence-corrected chi connectivity index (χ1v) is 8.03. The van der Waals surface area contributed by atoms with E-state index >= 15 is 0 Å². The number of methoxy groups -OCH3 is 2. The highest BCUT2D eigenvalue weighted by atomic mass is 16.5. The van der Waals surface area contributed by atoms with Crippen LogP contribution in [-0.2, 0) is 6.54 Å². The molecule has 0 aliphatic carbocycles. The second-order valence-corrected chi connectivity index (χ2v) is 5.74. The summed E-state index contributed by atoms with van der Waals surface area (Å²) in [6.45, 7) is 4.16. The maximum Gasteiger partial charge on any atom is 0.161 e. The summed E-state index contributed by atoms with van der Waals surface area (Å²) in [5.41, 5.74) is 4.96. The third-order valence-electron chi connectivity index (χ3n) is 4.18. The normalized spacial score (nSPS) is 13.3. The zero-order chi connectivity index (χ0) is 16.2. The Labute approximate surface area is 138 Å². The minimum atomic E-state index is 0.775. The molecule has 0 saturated heterocycles. The summed E-state index contributed by atoms with van der Waals surface area (Å²) in [6.07, 6.45) is 3.40. The smallest absolute Gasteiger partial charge is 0.161 e. The summed E-state index contributed by atoms with van der Waals surface area (Å²) in [4.78, 5) is 2.37. The third kappa shape index (κ3) is 3.04. The molecule has 2 aromatic rings. The molecule has 0 N–H and O–H groups in total. The van der Waals surface area contributed by atoms with Crippen LogP contribution in [-0.4, -0.2) is 25.7 Å². The fourth-order valence-electron chi connectivity index (χ4n) is 3.10. The second kappa shape index (κ2) is 6.78. The van der Waals surface area contributed by atoms with E-state index in [1.807, 2.05) is 6.07 Å². The third-order valence-corrected chi connectivity index (χ3v) is 4.18. The van der Waals surface area contributed by atoms with Crippen molar-refractivity contribution in [2.24, 2.45) is 0 Å². The van der Waals surface area contributed by atoms with E-state index < -0.39 is 0 Å². The molecule has 0 saturated carbocycles. The van der Waals surface area contributed by atoms with Gasteiger partial charge in [-0.05, 0) is 35.2 Å². The molecule has 3 rings (SSSR count). The first kappa shape index (κ1) is 15.5. The van der Waals surface area contributed by atoms with Crippen molar-refractivity contribution < 1.29 is 9.47 Å². The van der Waals surface area contributed by atoms with Crippen molar-refractivity contribution in [1.29, 1.82) is 0 Å². The van der Waals surface area contributed by atoms with Crippen molar-refractivity contribution in [3.8, 4) is 11.5 Å². The van der Waals surface area contributed by atoms with Gasteiger partial charge in [0.1, 0.15) is 0 Å². The minimum Gasteiger partial charge on any atom is -0.493 e. The highest BCUT2D eigenvalue weighted by Gasteiger charge is 2.21. The molecule has 1 heterocycles. The summed E-state index contributed by atoms with van der Waals surface area (Å²) in [6, 6.07) is 14.7. The lowest BCUT2D eigenvalue weighted by Gasteiger charge is -2.29. The molecule has 0 unspecified atom stereocenters. The summed E-state index contributed by atoms with van der Waals surface area (Å²) >= 11 is 0. The van der Waals surface area contributed by atoms with Gasteiger partial charge in [-0.3, -0.25) is 0 Å². The van der Waals surface area contributed by atoms with Crippen molar-refractivity contribution >= 4 is 5.57 Å². The lowest BCUT2D eigenvalue weighted by Crippen LogP contribution is -2.23. The van der Waals surface area contributed by atoms with Crippen molar-refractivity contribution in [3.05, 3.63) is 65.4 Å². The Morgan fingerprint density at radius 2 is 1.70 bits per heavy atom. The topological polar surface area (TPSA) is 21.7 Å². The molecule has 0 aromatic heterocycles.